The molecule has 20 heavy (non-hydrogen) atoms. The monoisotopic (exact) mass is 275 g/mol. The molecule has 0 fully saturated rings. The summed E-state index contributed by atoms with van der Waals surface area (Å²) in [6.07, 6.45) is 3.15. The van der Waals surface area contributed by atoms with Crippen molar-refractivity contribution in [2.75, 3.05) is 11.1 Å². The highest BCUT2D eigenvalue weighted by atomic mass is 16.6. The molecule has 0 atom stereocenters. The van der Waals surface area contributed by atoms with E-state index in [1.54, 1.807) is 10.9 Å². The van der Waals surface area contributed by atoms with Crippen LogP contribution in [0.15, 0.2) is 30.6 Å². The number of aromatic nitrogens is 2. The first kappa shape index (κ1) is 13.5. The van der Waals surface area contributed by atoms with E-state index in [4.69, 9.17) is 5.73 Å². The van der Waals surface area contributed by atoms with Gasteiger partial charge >= 0.3 is 0 Å². The number of nitro benzene ring substituents is 1. The molecule has 3 N–H and O–H groups in total. The summed E-state index contributed by atoms with van der Waals surface area (Å²) in [5.74, 6) is -0.512. The van der Waals surface area contributed by atoms with Crippen LogP contribution in [0.2, 0.25) is 0 Å². The van der Waals surface area contributed by atoms with Gasteiger partial charge in [-0.15, -0.1) is 0 Å². The molecule has 1 heterocycles. The van der Waals surface area contributed by atoms with Crippen LogP contribution in [0.1, 0.15) is 17.3 Å². The summed E-state index contributed by atoms with van der Waals surface area (Å²) >= 11 is 0. The maximum absolute atomic E-state index is 12.1. The lowest BCUT2D eigenvalue weighted by molar-refractivity contribution is -0.384. The number of benzene rings is 1. The predicted octanol–water partition coefficient (Wildman–Crippen LogP) is 1.65. The molecule has 0 aliphatic rings. The van der Waals surface area contributed by atoms with Gasteiger partial charge in [-0.1, -0.05) is 0 Å². The van der Waals surface area contributed by atoms with E-state index in [1.165, 1.54) is 18.3 Å². The molecule has 0 radical (unpaired) electrons. The summed E-state index contributed by atoms with van der Waals surface area (Å²) in [4.78, 5) is 22.2. The van der Waals surface area contributed by atoms with E-state index in [2.05, 4.69) is 10.4 Å². The van der Waals surface area contributed by atoms with Gasteiger partial charge in [0.05, 0.1) is 22.4 Å². The Bertz CT molecular complexity index is 665. The molecule has 8 heteroatoms. The fourth-order valence-electron chi connectivity index (χ4n) is 1.65. The second-order valence-corrected chi connectivity index (χ2v) is 4.07. The summed E-state index contributed by atoms with van der Waals surface area (Å²) < 4.78 is 1.65. The van der Waals surface area contributed by atoms with Crippen molar-refractivity contribution in [2.45, 2.75) is 13.5 Å². The summed E-state index contributed by atoms with van der Waals surface area (Å²) in [6, 6.07) is 3.73. The fraction of sp³-hybridized carbons (Fsp3) is 0.167. The zero-order valence-corrected chi connectivity index (χ0v) is 10.7. The van der Waals surface area contributed by atoms with Gasteiger partial charge in [0, 0.05) is 30.6 Å². The van der Waals surface area contributed by atoms with Crippen molar-refractivity contribution >= 4 is 23.0 Å². The minimum Gasteiger partial charge on any atom is -0.398 e. The molecule has 2 rings (SSSR count). The molecule has 0 unspecified atom stereocenters. The molecule has 1 aromatic carbocycles. The van der Waals surface area contributed by atoms with E-state index in [1.807, 2.05) is 6.92 Å². The Labute approximate surface area is 114 Å². The summed E-state index contributed by atoms with van der Waals surface area (Å²) in [5.41, 5.74) is 6.22. The molecule has 2 aromatic rings. The van der Waals surface area contributed by atoms with Gasteiger partial charge in [0.1, 0.15) is 0 Å². The first-order chi connectivity index (χ1) is 9.51. The minimum atomic E-state index is -0.578. The lowest BCUT2D eigenvalue weighted by Gasteiger charge is -2.05. The number of hydrogen-bond acceptors (Lipinski definition) is 5. The molecule has 0 aliphatic heterocycles. The van der Waals surface area contributed by atoms with E-state index in [0.717, 1.165) is 6.07 Å². The van der Waals surface area contributed by atoms with Crippen LogP contribution < -0.4 is 11.1 Å². The smallest absolute Gasteiger partial charge is 0.270 e. The Morgan fingerprint density at radius 1 is 1.55 bits per heavy atom. The number of nitro groups is 1. The number of aryl methyl sites for hydroxylation is 1. The molecular weight excluding hydrogens is 262 g/mol. The van der Waals surface area contributed by atoms with Crippen LogP contribution in [-0.4, -0.2) is 20.6 Å². The maximum atomic E-state index is 12.1. The Morgan fingerprint density at radius 2 is 2.30 bits per heavy atom. The summed E-state index contributed by atoms with van der Waals surface area (Å²) in [6.45, 7) is 2.59. The quantitative estimate of drug-likeness (QED) is 0.500. The van der Waals surface area contributed by atoms with Gasteiger partial charge in [0.15, 0.2) is 0 Å². The normalized spacial score (nSPS) is 10.2. The third-order valence-corrected chi connectivity index (χ3v) is 2.71. The van der Waals surface area contributed by atoms with Gasteiger partial charge in [-0.25, -0.2) is 0 Å². The van der Waals surface area contributed by atoms with Crippen molar-refractivity contribution in [2.24, 2.45) is 0 Å². The third-order valence-electron chi connectivity index (χ3n) is 2.71. The van der Waals surface area contributed by atoms with Crippen LogP contribution in [0.3, 0.4) is 0 Å². The Kier molecular flexibility index (Phi) is 3.65. The Balaban J connectivity index is 2.24. The number of nitrogens with one attached hydrogen (secondary N) is 1. The fourth-order valence-corrected chi connectivity index (χ4v) is 1.65. The molecule has 0 aliphatic carbocycles. The highest BCUT2D eigenvalue weighted by Crippen LogP contribution is 2.20. The van der Waals surface area contributed by atoms with Crippen LogP contribution in [-0.2, 0) is 6.54 Å². The van der Waals surface area contributed by atoms with Crippen molar-refractivity contribution in [3.05, 3.63) is 46.3 Å². The SMILES string of the molecule is CCn1cc(NC(=O)c2cc([N+](=O)[O-])ccc2N)cn1. The van der Waals surface area contributed by atoms with Gasteiger partial charge < -0.3 is 11.1 Å². The van der Waals surface area contributed by atoms with Crippen LogP contribution >= 0.6 is 0 Å². The summed E-state index contributed by atoms with van der Waals surface area (Å²) in [7, 11) is 0. The lowest BCUT2D eigenvalue weighted by Crippen LogP contribution is -2.14. The average Bonchev–Trinajstić information content (AvgIpc) is 2.86. The van der Waals surface area contributed by atoms with Crippen molar-refractivity contribution in [1.29, 1.82) is 0 Å². The van der Waals surface area contributed by atoms with E-state index < -0.39 is 10.8 Å². The zero-order chi connectivity index (χ0) is 14.7. The number of amides is 1. The number of nitrogen functional groups attached to an aromatic ring is 1. The summed E-state index contributed by atoms with van der Waals surface area (Å²) in [5, 5.41) is 17.3. The molecule has 0 saturated carbocycles. The highest BCUT2D eigenvalue weighted by molar-refractivity contribution is 6.08. The van der Waals surface area contributed by atoms with Gasteiger partial charge in [0.25, 0.3) is 11.6 Å². The Morgan fingerprint density at radius 3 is 2.90 bits per heavy atom. The number of carbonyl (C=O) groups excluding carboxylic acids is 1. The third kappa shape index (κ3) is 2.74. The second kappa shape index (κ2) is 5.39. The zero-order valence-electron chi connectivity index (χ0n) is 10.7. The van der Waals surface area contributed by atoms with Gasteiger partial charge in [-0.3, -0.25) is 19.6 Å². The number of non-ortho nitro benzene ring substituents is 1. The van der Waals surface area contributed by atoms with Crippen LogP contribution in [0.5, 0.6) is 0 Å². The predicted molar refractivity (Wildman–Crippen MR) is 73.4 cm³/mol. The molecule has 1 aromatic heterocycles. The number of rotatable bonds is 4. The van der Waals surface area contributed by atoms with Crippen molar-refractivity contribution in [3.8, 4) is 0 Å². The van der Waals surface area contributed by atoms with Crippen LogP contribution in [0.4, 0.5) is 17.1 Å². The van der Waals surface area contributed by atoms with Crippen molar-refractivity contribution in [3.63, 3.8) is 0 Å². The largest absolute Gasteiger partial charge is 0.398 e. The molecular formula is C12H13N5O3. The topological polar surface area (TPSA) is 116 Å². The van der Waals surface area contributed by atoms with Gasteiger partial charge in [-0.05, 0) is 13.0 Å². The van der Waals surface area contributed by atoms with Crippen molar-refractivity contribution < 1.29 is 9.72 Å². The van der Waals surface area contributed by atoms with Gasteiger partial charge in [0.2, 0.25) is 0 Å². The first-order valence-corrected chi connectivity index (χ1v) is 5.89. The van der Waals surface area contributed by atoms with Crippen molar-refractivity contribution in [1.82, 2.24) is 9.78 Å². The van der Waals surface area contributed by atoms with E-state index in [9.17, 15) is 14.9 Å². The Hall–Kier alpha value is -2.90. The van der Waals surface area contributed by atoms with E-state index >= 15 is 0 Å². The second-order valence-electron chi connectivity index (χ2n) is 4.07. The number of nitrogens with two attached hydrogens (primary N) is 1. The van der Waals surface area contributed by atoms with E-state index in [-0.39, 0.29) is 16.9 Å². The van der Waals surface area contributed by atoms with E-state index in [0.29, 0.717) is 12.2 Å². The number of hydrogen-bond donors (Lipinski definition) is 2. The number of anilines is 2. The van der Waals surface area contributed by atoms with Gasteiger partial charge in [-0.2, -0.15) is 5.10 Å². The highest BCUT2D eigenvalue weighted by Gasteiger charge is 2.15. The molecule has 104 valence electrons. The molecule has 0 saturated heterocycles. The standard InChI is InChI=1S/C12H13N5O3/c1-2-16-7-8(6-14-16)15-12(18)10-5-9(17(19)20)3-4-11(10)13/h3-7H,2,13H2,1H3,(H,15,18). The first-order valence-electron chi connectivity index (χ1n) is 5.89. The molecule has 0 bridgehead atoms. The average molecular weight is 275 g/mol. The van der Waals surface area contributed by atoms with Crippen LogP contribution in [0, 0.1) is 10.1 Å². The minimum absolute atomic E-state index is 0.0587. The number of carbonyl (C=O) groups is 1. The van der Waals surface area contributed by atoms with Crippen LogP contribution in [0.25, 0.3) is 0 Å². The lowest BCUT2D eigenvalue weighted by atomic mass is 10.1. The molecule has 1 amide bonds. The molecule has 0 spiro atoms. The molecule has 8 nitrogen and oxygen atoms in total. The number of nitrogens with zero attached hydrogens (tertiary/aromatic N) is 3. The maximum Gasteiger partial charge on any atom is 0.270 e.